The molecule has 5 heteroatoms. The first kappa shape index (κ1) is 19.0. The van der Waals surface area contributed by atoms with Gasteiger partial charge in [0.25, 0.3) is 0 Å². The van der Waals surface area contributed by atoms with Crippen LogP contribution in [0.15, 0.2) is 0 Å². The molecule has 2 aliphatic heterocycles. The number of carbonyl (C=O) groups excluding carboxylic acids is 1. The van der Waals surface area contributed by atoms with Gasteiger partial charge in [0.1, 0.15) is 0 Å². The van der Waals surface area contributed by atoms with Crippen molar-refractivity contribution in [2.45, 2.75) is 70.4 Å². The van der Waals surface area contributed by atoms with E-state index in [2.05, 4.69) is 16.7 Å². The number of rotatable bonds is 3. The molecule has 3 fully saturated rings. The van der Waals surface area contributed by atoms with Crippen molar-refractivity contribution in [1.82, 2.24) is 9.80 Å². The second-order valence-corrected chi connectivity index (χ2v) is 7.83. The van der Waals surface area contributed by atoms with E-state index in [1.165, 1.54) is 44.9 Å². The van der Waals surface area contributed by atoms with Crippen molar-refractivity contribution in [3.8, 4) is 0 Å². The Kier molecular flexibility index (Phi) is 7.18. The summed E-state index contributed by atoms with van der Waals surface area (Å²) in [6, 6.07) is 0.940. The summed E-state index contributed by atoms with van der Waals surface area (Å²) >= 11 is 0. The fraction of sp³-hybridized carbons (Fsp3) is 0.944. The number of halogens is 1. The van der Waals surface area contributed by atoms with Crippen molar-refractivity contribution in [1.29, 1.82) is 0 Å². The number of likely N-dealkylation sites (tertiary alicyclic amines) is 2. The molecule has 3 aliphatic rings. The Morgan fingerprint density at radius 1 is 1.09 bits per heavy atom. The zero-order chi connectivity index (χ0) is 15.5. The molecular weight excluding hydrogens is 310 g/mol. The number of fused-ring (bicyclic) bond motifs is 1. The van der Waals surface area contributed by atoms with E-state index in [0.29, 0.717) is 31.1 Å². The molecule has 0 radical (unpaired) electrons. The highest BCUT2D eigenvalue weighted by atomic mass is 35.5. The Bertz CT molecular complexity index is 390. The van der Waals surface area contributed by atoms with E-state index < -0.39 is 0 Å². The molecule has 23 heavy (non-hydrogen) atoms. The summed E-state index contributed by atoms with van der Waals surface area (Å²) in [6.07, 6.45) is 10.1. The van der Waals surface area contributed by atoms with Gasteiger partial charge in [0.15, 0.2) is 0 Å². The van der Waals surface area contributed by atoms with Crippen LogP contribution in [0.4, 0.5) is 0 Å². The van der Waals surface area contributed by atoms with E-state index in [-0.39, 0.29) is 12.4 Å². The first-order chi connectivity index (χ1) is 10.7. The predicted octanol–water partition coefficient (Wildman–Crippen LogP) is 2.65. The highest BCUT2D eigenvalue weighted by Gasteiger charge is 2.37. The molecular formula is C18H34ClN3O. The first-order valence-corrected chi connectivity index (χ1v) is 9.42. The number of hydrogen-bond donors (Lipinski definition) is 1. The third kappa shape index (κ3) is 4.40. The van der Waals surface area contributed by atoms with Gasteiger partial charge < -0.3 is 10.6 Å². The van der Waals surface area contributed by atoms with Gasteiger partial charge in [-0.2, -0.15) is 0 Å². The van der Waals surface area contributed by atoms with Gasteiger partial charge in [0.05, 0.1) is 6.54 Å². The maximum atomic E-state index is 12.9. The van der Waals surface area contributed by atoms with Crippen LogP contribution in [0.2, 0.25) is 0 Å². The average molecular weight is 344 g/mol. The van der Waals surface area contributed by atoms with Crippen molar-refractivity contribution in [2.24, 2.45) is 17.6 Å². The molecule has 1 amide bonds. The van der Waals surface area contributed by atoms with Crippen LogP contribution in [-0.2, 0) is 4.79 Å². The summed E-state index contributed by atoms with van der Waals surface area (Å²) in [5.41, 5.74) is 5.95. The van der Waals surface area contributed by atoms with Crippen molar-refractivity contribution in [3.05, 3.63) is 0 Å². The van der Waals surface area contributed by atoms with Crippen molar-refractivity contribution < 1.29 is 4.79 Å². The van der Waals surface area contributed by atoms with Gasteiger partial charge in [-0.1, -0.05) is 19.8 Å². The van der Waals surface area contributed by atoms with Crippen molar-refractivity contribution >= 4 is 18.3 Å². The van der Waals surface area contributed by atoms with Gasteiger partial charge in [-0.15, -0.1) is 12.4 Å². The van der Waals surface area contributed by atoms with Crippen molar-refractivity contribution in [2.75, 3.05) is 26.2 Å². The monoisotopic (exact) mass is 343 g/mol. The minimum atomic E-state index is 0. The Morgan fingerprint density at radius 2 is 1.83 bits per heavy atom. The normalized spacial score (nSPS) is 35.3. The van der Waals surface area contributed by atoms with Crippen LogP contribution in [0.25, 0.3) is 0 Å². The lowest BCUT2D eigenvalue weighted by atomic mass is 9.78. The fourth-order valence-electron chi connectivity index (χ4n) is 4.95. The lowest BCUT2D eigenvalue weighted by molar-refractivity contribution is -0.139. The van der Waals surface area contributed by atoms with Crippen LogP contribution in [0.3, 0.4) is 0 Å². The highest BCUT2D eigenvalue weighted by Crippen LogP contribution is 2.35. The molecule has 4 nitrogen and oxygen atoms in total. The molecule has 4 unspecified atom stereocenters. The SMILES string of the molecule is CC1CCN(CC(=O)N2CCCC3CCCCC32)C(CN)C1.Cl. The molecule has 2 heterocycles. The van der Waals surface area contributed by atoms with Crippen LogP contribution in [0.1, 0.15) is 58.3 Å². The number of nitrogens with zero attached hydrogens (tertiary/aromatic N) is 2. The molecule has 0 aromatic carbocycles. The van der Waals surface area contributed by atoms with E-state index in [9.17, 15) is 4.79 Å². The maximum absolute atomic E-state index is 12.9. The third-order valence-corrected chi connectivity index (χ3v) is 6.27. The number of carbonyl (C=O) groups is 1. The number of piperidine rings is 2. The standard InChI is InChI=1S/C18H33N3O.ClH/c1-14-8-10-20(16(11-14)12-19)13-18(22)21-9-4-6-15-5-2-3-7-17(15)21;/h14-17H,2-13,19H2,1H3;1H. The Labute approximate surface area is 147 Å². The van der Waals surface area contributed by atoms with Crippen molar-refractivity contribution in [3.63, 3.8) is 0 Å². The number of hydrogen-bond acceptors (Lipinski definition) is 3. The molecule has 0 aromatic heterocycles. The Hall–Kier alpha value is -0.320. The van der Waals surface area contributed by atoms with Gasteiger partial charge in [-0.3, -0.25) is 9.69 Å². The lowest BCUT2D eigenvalue weighted by Crippen LogP contribution is -2.55. The van der Waals surface area contributed by atoms with E-state index in [4.69, 9.17) is 5.73 Å². The summed E-state index contributed by atoms with van der Waals surface area (Å²) in [5.74, 6) is 1.89. The Morgan fingerprint density at radius 3 is 2.61 bits per heavy atom. The molecule has 0 bridgehead atoms. The minimum Gasteiger partial charge on any atom is -0.338 e. The van der Waals surface area contributed by atoms with E-state index in [0.717, 1.165) is 31.3 Å². The van der Waals surface area contributed by atoms with Crippen LogP contribution in [-0.4, -0.2) is 54.0 Å². The summed E-state index contributed by atoms with van der Waals surface area (Å²) in [7, 11) is 0. The van der Waals surface area contributed by atoms with Gasteiger partial charge in [0, 0.05) is 25.2 Å². The molecule has 3 rings (SSSR count). The first-order valence-electron chi connectivity index (χ1n) is 9.42. The quantitative estimate of drug-likeness (QED) is 0.857. The van der Waals surface area contributed by atoms with E-state index in [1.807, 2.05) is 0 Å². The van der Waals surface area contributed by atoms with Gasteiger partial charge in [-0.25, -0.2) is 0 Å². The molecule has 134 valence electrons. The summed E-state index contributed by atoms with van der Waals surface area (Å²) in [5, 5.41) is 0. The molecule has 4 atom stereocenters. The summed E-state index contributed by atoms with van der Waals surface area (Å²) < 4.78 is 0. The van der Waals surface area contributed by atoms with Crippen LogP contribution < -0.4 is 5.73 Å². The number of nitrogens with two attached hydrogens (primary N) is 1. The predicted molar refractivity (Wildman–Crippen MR) is 96.8 cm³/mol. The van der Waals surface area contributed by atoms with Crippen LogP contribution >= 0.6 is 12.4 Å². The van der Waals surface area contributed by atoms with Gasteiger partial charge >= 0.3 is 0 Å². The zero-order valence-corrected chi connectivity index (χ0v) is 15.4. The molecule has 0 spiro atoms. The smallest absolute Gasteiger partial charge is 0.237 e. The zero-order valence-electron chi connectivity index (χ0n) is 14.6. The molecule has 1 saturated carbocycles. The lowest BCUT2D eigenvalue weighted by Gasteiger charge is -2.45. The topological polar surface area (TPSA) is 49.6 Å². The molecule has 1 aliphatic carbocycles. The largest absolute Gasteiger partial charge is 0.338 e. The van der Waals surface area contributed by atoms with E-state index in [1.54, 1.807) is 0 Å². The second-order valence-electron chi connectivity index (χ2n) is 7.83. The second kappa shape index (κ2) is 8.68. The fourth-order valence-corrected chi connectivity index (χ4v) is 4.95. The van der Waals surface area contributed by atoms with Gasteiger partial charge in [0.2, 0.25) is 5.91 Å². The van der Waals surface area contributed by atoms with Crippen LogP contribution in [0, 0.1) is 11.8 Å². The minimum absolute atomic E-state index is 0. The van der Waals surface area contributed by atoms with Crippen LogP contribution in [0.5, 0.6) is 0 Å². The van der Waals surface area contributed by atoms with E-state index >= 15 is 0 Å². The third-order valence-electron chi connectivity index (χ3n) is 6.27. The average Bonchev–Trinajstić information content (AvgIpc) is 2.55. The maximum Gasteiger partial charge on any atom is 0.237 e. The Balaban J connectivity index is 0.00000192. The van der Waals surface area contributed by atoms with Gasteiger partial charge in [-0.05, 0) is 56.9 Å². The highest BCUT2D eigenvalue weighted by molar-refractivity contribution is 5.85. The molecule has 2 saturated heterocycles. The molecule has 0 aromatic rings. The number of amides is 1. The summed E-state index contributed by atoms with van der Waals surface area (Å²) in [4.78, 5) is 17.5. The molecule has 2 N–H and O–H groups in total. The summed E-state index contributed by atoms with van der Waals surface area (Å²) in [6.45, 7) is 5.61.